The maximum Gasteiger partial charge on any atom is 0.188 e. The Kier molecular flexibility index (Phi) is 7.77. The van der Waals surface area contributed by atoms with Gasteiger partial charge >= 0.3 is 0 Å². The molecule has 4 nitrogen and oxygen atoms in total. The molecule has 3 N–H and O–H groups in total. The van der Waals surface area contributed by atoms with Crippen LogP contribution in [-0.2, 0) is 12.8 Å². The molecule has 18 heavy (non-hydrogen) atoms. The maximum absolute atomic E-state index is 5.78. The summed E-state index contributed by atoms with van der Waals surface area (Å²) in [6.07, 6.45) is 3.85. The molecule has 0 saturated heterocycles. The van der Waals surface area contributed by atoms with Crippen molar-refractivity contribution in [1.82, 2.24) is 10.3 Å². The molecule has 0 bridgehead atoms. The van der Waals surface area contributed by atoms with Gasteiger partial charge in [-0.2, -0.15) is 0 Å². The Morgan fingerprint density at radius 2 is 2.17 bits per heavy atom. The second-order valence-corrected chi connectivity index (χ2v) is 6.17. The Labute approximate surface area is 131 Å². The highest BCUT2D eigenvalue weighted by molar-refractivity contribution is 14.0. The smallest absolute Gasteiger partial charge is 0.188 e. The first kappa shape index (κ1) is 17.6. The summed E-state index contributed by atoms with van der Waals surface area (Å²) in [5.74, 6) is 0.504. The number of hydrogen-bond acceptors (Lipinski definition) is 3. The minimum atomic E-state index is -0.0376. The van der Waals surface area contributed by atoms with E-state index in [1.54, 1.807) is 11.3 Å². The molecule has 0 aromatic carbocycles. The molecule has 1 aromatic heterocycles. The normalized spacial score (nSPS) is 12.1. The summed E-state index contributed by atoms with van der Waals surface area (Å²) >= 11 is 1.76. The highest BCUT2D eigenvalue weighted by Gasteiger charge is 2.09. The first-order valence-electron chi connectivity index (χ1n) is 5.92. The van der Waals surface area contributed by atoms with Crippen molar-refractivity contribution in [2.24, 2.45) is 10.7 Å². The number of aromatic nitrogens is 1. The van der Waals surface area contributed by atoms with Crippen molar-refractivity contribution in [2.45, 2.75) is 46.1 Å². The van der Waals surface area contributed by atoms with Crippen LogP contribution < -0.4 is 11.1 Å². The first-order valence-corrected chi connectivity index (χ1v) is 6.74. The van der Waals surface area contributed by atoms with E-state index in [0.717, 1.165) is 17.8 Å². The van der Waals surface area contributed by atoms with E-state index >= 15 is 0 Å². The van der Waals surface area contributed by atoms with Crippen LogP contribution in [0.1, 0.15) is 37.6 Å². The van der Waals surface area contributed by atoms with Crippen LogP contribution >= 0.6 is 35.3 Å². The number of halogens is 1. The number of aliphatic imine (C=N–C) groups is 1. The molecule has 0 fully saturated rings. The van der Waals surface area contributed by atoms with Crippen molar-refractivity contribution >= 4 is 41.3 Å². The van der Waals surface area contributed by atoms with Gasteiger partial charge in [0, 0.05) is 29.6 Å². The fourth-order valence-electron chi connectivity index (χ4n) is 1.32. The monoisotopic (exact) mass is 382 g/mol. The molecular weight excluding hydrogens is 359 g/mol. The first-order chi connectivity index (χ1) is 7.90. The number of nitrogens with zero attached hydrogens (tertiary/aromatic N) is 2. The fourth-order valence-corrected chi connectivity index (χ4v) is 2.17. The molecule has 0 saturated carbocycles. The molecule has 0 aliphatic heterocycles. The Morgan fingerprint density at radius 3 is 2.67 bits per heavy atom. The summed E-state index contributed by atoms with van der Waals surface area (Å²) in [7, 11) is 0. The van der Waals surface area contributed by atoms with E-state index in [1.807, 2.05) is 6.20 Å². The maximum atomic E-state index is 5.78. The zero-order valence-corrected chi connectivity index (χ0v) is 14.6. The number of aryl methyl sites for hydroxylation is 1. The molecular formula is C12H23IN4S. The van der Waals surface area contributed by atoms with Gasteiger partial charge in [-0.15, -0.1) is 35.3 Å². The van der Waals surface area contributed by atoms with E-state index in [2.05, 4.69) is 43.0 Å². The van der Waals surface area contributed by atoms with Gasteiger partial charge in [0.1, 0.15) is 0 Å². The number of hydrogen-bond donors (Lipinski definition) is 2. The van der Waals surface area contributed by atoms with Crippen LogP contribution in [0.15, 0.2) is 11.2 Å². The minimum absolute atomic E-state index is 0. The van der Waals surface area contributed by atoms with E-state index < -0.39 is 0 Å². The lowest BCUT2D eigenvalue weighted by Gasteiger charge is -2.20. The Morgan fingerprint density at radius 1 is 1.50 bits per heavy atom. The number of rotatable bonds is 4. The second kappa shape index (κ2) is 7.93. The lowest BCUT2D eigenvalue weighted by atomic mass is 10.1. The third kappa shape index (κ3) is 7.15. The SMILES string of the molecule is CCc1cnc(CCN=C(N)NC(C)(C)C)s1.I. The number of guanidine groups is 1. The summed E-state index contributed by atoms with van der Waals surface area (Å²) in [6.45, 7) is 9.00. The highest BCUT2D eigenvalue weighted by Crippen LogP contribution is 2.13. The third-order valence-electron chi connectivity index (χ3n) is 2.06. The van der Waals surface area contributed by atoms with E-state index in [0.29, 0.717) is 12.5 Å². The molecule has 0 atom stereocenters. The van der Waals surface area contributed by atoms with E-state index in [9.17, 15) is 0 Å². The van der Waals surface area contributed by atoms with Gasteiger partial charge in [0.2, 0.25) is 0 Å². The third-order valence-corrected chi connectivity index (χ3v) is 3.26. The number of nitrogens with two attached hydrogens (primary N) is 1. The molecule has 0 unspecified atom stereocenters. The Bertz CT molecular complexity index is 382. The molecule has 1 heterocycles. The predicted octanol–water partition coefficient (Wildman–Crippen LogP) is 2.57. The Hall–Kier alpha value is -0.370. The van der Waals surface area contributed by atoms with E-state index in [4.69, 9.17) is 5.73 Å². The zero-order valence-electron chi connectivity index (χ0n) is 11.5. The lowest BCUT2D eigenvalue weighted by molar-refractivity contribution is 0.508. The van der Waals surface area contributed by atoms with Gasteiger partial charge in [0.05, 0.1) is 5.01 Å². The van der Waals surface area contributed by atoms with Crippen LogP contribution in [0.4, 0.5) is 0 Å². The summed E-state index contributed by atoms with van der Waals surface area (Å²) in [5, 5.41) is 4.27. The van der Waals surface area contributed by atoms with Crippen LogP contribution in [0, 0.1) is 0 Å². The van der Waals surface area contributed by atoms with E-state index in [1.165, 1.54) is 4.88 Å². The predicted molar refractivity (Wildman–Crippen MR) is 90.0 cm³/mol. The number of thiazole rings is 1. The fraction of sp³-hybridized carbons (Fsp3) is 0.667. The highest BCUT2D eigenvalue weighted by atomic mass is 127. The van der Waals surface area contributed by atoms with Crippen LogP contribution in [0.3, 0.4) is 0 Å². The average molecular weight is 382 g/mol. The van der Waals surface area contributed by atoms with Crippen LogP contribution in [0.5, 0.6) is 0 Å². The van der Waals surface area contributed by atoms with Crippen LogP contribution in [0.25, 0.3) is 0 Å². The molecule has 0 amide bonds. The molecule has 0 radical (unpaired) electrons. The van der Waals surface area contributed by atoms with Crippen molar-refractivity contribution in [1.29, 1.82) is 0 Å². The molecule has 0 aliphatic carbocycles. The van der Waals surface area contributed by atoms with Gasteiger partial charge in [0.25, 0.3) is 0 Å². The minimum Gasteiger partial charge on any atom is -0.370 e. The summed E-state index contributed by atoms with van der Waals surface area (Å²) in [4.78, 5) is 9.96. The van der Waals surface area contributed by atoms with Crippen LogP contribution in [-0.4, -0.2) is 23.0 Å². The van der Waals surface area contributed by atoms with Crippen LogP contribution in [0.2, 0.25) is 0 Å². The number of nitrogens with one attached hydrogen (secondary N) is 1. The van der Waals surface area contributed by atoms with Gasteiger partial charge in [0.15, 0.2) is 5.96 Å². The lowest BCUT2D eigenvalue weighted by Crippen LogP contribution is -2.45. The molecule has 0 spiro atoms. The largest absolute Gasteiger partial charge is 0.370 e. The van der Waals surface area contributed by atoms with Gasteiger partial charge in [-0.25, -0.2) is 4.98 Å². The van der Waals surface area contributed by atoms with Crippen molar-refractivity contribution < 1.29 is 0 Å². The second-order valence-electron chi connectivity index (χ2n) is 4.97. The summed E-state index contributed by atoms with van der Waals surface area (Å²) in [6, 6.07) is 0. The standard InChI is InChI=1S/C12H22N4S.HI/c1-5-9-8-15-10(17-9)6-7-14-11(13)16-12(2,3)4;/h8H,5-7H2,1-4H3,(H3,13,14,16);1H. The topological polar surface area (TPSA) is 63.3 Å². The van der Waals surface area contributed by atoms with E-state index in [-0.39, 0.29) is 29.5 Å². The van der Waals surface area contributed by atoms with Gasteiger partial charge in [-0.1, -0.05) is 6.92 Å². The molecule has 104 valence electrons. The molecule has 1 rings (SSSR count). The van der Waals surface area contributed by atoms with Gasteiger partial charge in [-0.05, 0) is 27.2 Å². The Balaban J connectivity index is 0.00000289. The van der Waals surface area contributed by atoms with Crippen molar-refractivity contribution in [3.8, 4) is 0 Å². The average Bonchev–Trinajstić information content (AvgIpc) is 2.63. The van der Waals surface area contributed by atoms with Crippen molar-refractivity contribution in [3.63, 3.8) is 0 Å². The zero-order chi connectivity index (χ0) is 12.9. The molecule has 1 aromatic rings. The van der Waals surface area contributed by atoms with Crippen molar-refractivity contribution in [3.05, 3.63) is 16.1 Å². The van der Waals surface area contributed by atoms with Gasteiger partial charge in [-0.3, -0.25) is 4.99 Å². The molecule has 0 aliphatic rings. The quantitative estimate of drug-likeness (QED) is 0.478. The molecule has 6 heteroatoms. The van der Waals surface area contributed by atoms with Crippen molar-refractivity contribution in [2.75, 3.05) is 6.54 Å². The summed E-state index contributed by atoms with van der Waals surface area (Å²) < 4.78 is 0. The van der Waals surface area contributed by atoms with Gasteiger partial charge < -0.3 is 11.1 Å². The summed E-state index contributed by atoms with van der Waals surface area (Å²) in [5.41, 5.74) is 5.74.